The van der Waals surface area contributed by atoms with Crippen LogP contribution >= 0.6 is 0 Å². The van der Waals surface area contributed by atoms with Crippen molar-refractivity contribution < 1.29 is 33.0 Å². The van der Waals surface area contributed by atoms with Crippen molar-refractivity contribution in [3.05, 3.63) is 53.8 Å². The molecule has 33 heavy (non-hydrogen) atoms. The van der Waals surface area contributed by atoms with Gasteiger partial charge in [0.2, 0.25) is 5.91 Å². The quantitative estimate of drug-likeness (QED) is 0.716. The minimum Gasteiger partial charge on any atom is -0.496 e. The minimum atomic E-state index is -0.945. The van der Waals surface area contributed by atoms with E-state index in [-0.39, 0.29) is 25.3 Å². The molecule has 2 aromatic carbocycles. The van der Waals surface area contributed by atoms with Crippen LogP contribution in [0.2, 0.25) is 0 Å². The normalized spacial score (nSPS) is 19.0. The fraction of sp³-hybridized carbons (Fsp3) is 0.375. The number of hydrogen-bond acceptors (Lipinski definition) is 6. The van der Waals surface area contributed by atoms with Crippen molar-refractivity contribution in [3.63, 3.8) is 0 Å². The highest BCUT2D eigenvalue weighted by molar-refractivity contribution is 5.97. The van der Waals surface area contributed by atoms with Crippen LogP contribution in [0.5, 0.6) is 5.75 Å². The van der Waals surface area contributed by atoms with Gasteiger partial charge in [-0.1, -0.05) is 18.2 Å². The third-order valence-corrected chi connectivity index (χ3v) is 5.93. The van der Waals surface area contributed by atoms with Crippen LogP contribution in [-0.2, 0) is 19.1 Å². The molecule has 2 aliphatic heterocycles. The Kier molecular flexibility index (Phi) is 6.44. The number of Topliss-reactive ketones (excluding diaryl/α,β-unsaturated/α-hetero) is 1. The zero-order valence-corrected chi connectivity index (χ0v) is 18.4. The molecule has 1 atom stereocenters. The molecule has 0 aliphatic carbocycles. The van der Waals surface area contributed by atoms with E-state index in [0.717, 1.165) is 0 Å². The Bertz CT molecular complexity index is 1070. The molecule has 174 valence electrons. The number of likely N-dealkylation sites (tertiary alicyclic amines) is 1. The van der Waals surface area contributed by atoms with Gasteiger partial charge in [0.15, 0.2) is 11.6 Å². The van der Waals surface area contributed by atoms with Crippen molar-refractivity contribution in [3.8, 4) is 16.9 Å². The van der Waals surface area contributed by atoms with Gasteiger partial charge >= 0.3 is 0 Å². The van der Waals surface area contributed by atoms with Gasteiger partial charge in [-0.15, -0.1) is 0 Å². The van der Waals surface area contributed by atoms with Crippen LogP contribution in [0, 0.1) is 5.82 Å². The number of hydrogen-bond donors (Lipinski definition) is 1. The highest BCUT2D eigenvalue weighted by Gasteiger charge is 2.51. The molecule has 4 rings (SSSR count). The molecule has 1 N–H and O–H groups in total. The van der Waals surface area contributed by atoms with Gasteiger partial charge in [0, 0.05) is 12.0 Å². The van der Waals surface area contributed by atoms with Gasteiger partial charge in [0.1, 0.15) is 11.6 Å². The van der Waals surface area contributed by atoms with Gasteiger partial charge in [-0.25, -0.2) is 4.39 Å². The van der Waals surface area contributed by atoms with Gasteiger partial charge in [0.05, 0.1) is 45.0 Å². The second-order valence-corrected chi connectivity index (χ2v) is 8.04. The third kappa shape index (κ3) is 4.60. The average Bonchev–Trinajstić information content (AvgIpc) is 3.44. The molecular weight excluding hydrogens is 431 g/mol. The van der Waals surface area contributed by atoms with Gasteiger partial charge in [-0.05, 0) is 36.8 Å². The fourth-order valence-corrected chi connectivity index (χ4v) is 4.27. The largest absolute Gasteiger partial charge is 0.496 e. The Hall–Kier alpha value is -3.30. The number of methoxy groups -OCH3 is 1. The van der Waals surface area contributed by atoms with Crippen LogP contribution in [0.25, 0.3) is 11.1 Å². The maximum atomic E-state index is 14.3. The first kappa shape index (κ1) is 22.9. The van der Waals surface area contributed by atoms with Crippen molar-refractivity contribution in [2.75, 3.05) is 33.4 Å². The van der Waals surface area contributed by atoms with Crippen LogP contribution in [0.1, 0.15) is 23.7 Å². The topological polar surface area (TPSA) is 94.2 Å². The molecule has 0 saturated carbocycles. The number of ketones is 1. The van der Waals surface area contributed by atoms with Crippen molar-refractivity contribution in [2.45, 2.75) is 25.2 Å². The Balaban J connectivity index is 1.41. The second-order valence-electron chi connectivity index (χ2n) is 8.04. The average molecular weight is 456 g/mol. The number of rotatable bonds is 6. The summed E-state index contributed by atoms with van der Waals surface area (Å²) in [6, 6.07) is 10.2. The lowest BCUT2D eigenvalue weighted by atomic mass is 10.0. The van der Waals surface area contributed by atoms with Crippen LogP contribution in [0.4, 0.5) is 4.39 Å². The molecule has 8 nitrogen and oxygen atoms in total. The van der Waals surface area contributed by atoms with Gasteiger partial charge in [0.25, 0.3) is 5.91 Å². The molecule has 1 spiro atoms. The van der Waals surface area contributed by atoms with Crippen LogP contribution in [0.15, 0.2) is 42.5 Å². The lowest BCUT2D eigenvalue weighted by Gasteiger charge is -2.23. The highest BCUT2D eigenvalue weighted by atomic mass is 19.1. The number of nitrogens with zero attached hydrogens (tertiary/aromatic N) is 1. The van der Waals surface area contributed by atoms with Gasteiger partial charge < -0.3 is 24.4 Å². The lowest BCUT2D eigenvalue weighted by molar-refractivity contribution is -0.152. The van der Waals surface area contributed by atoms with E-state index in [1.165, 1.54) is 25.0 Å². The van der Waals surface area contributed by atoms with Crippen molar-refractivity contribution >= 4 is 17.6 Å². The van der Waals surface area contributed by atoms with E-state index >= 15 is 0 Å². The number of nitrogens with one attached hydrogen (secondary N) is 1. The molecule has 0 bridgehead atoms. The Labute approximate surface area is 190 Å². The number of carbonyl (C=O) groups excluding carboxylic acids is 3. The molecule has 2 aromatic rings. The molecule has 0 radical (unpaired) electrons. The van der Waals surface area contributed by atoms with Crippen LogP contribution in [-0.4, -0.2) is 67.7 Å². The summed E-state index contributed by atoms with van der Waals surface area (Å²) < 4.78 is 30.8. The summed E-state index contributed by atoms with van der Waals surface area (Å²) in [6.07, 6.45) is 0.281. The minimum absolute atomic E-state index is 0.144. The SMILES string of the molecule is COc1cccc(F)c1-c1ccc(C(=O)NCC(=O)N2CC3(C[C@H]2C(C)=O)OCCO3)cc1. The fourth-order valence-electron chi connectivity index (χ4n) is 4.27. The zero-order valence-electron chi connectivity index (χ0n) is 18.4. The van der Waals surface area contributed by atoms with E-state index in [9.17, 15) is 18.8 Å². The maximum Gasteiger partial charge on any atom is 0.251 e. The van der Waals surface area contributed by atoms with Crippen molar-refractivity contribution in [2.24, 2.45) is 0 Å². The lowest BCUT2D eigenvalue weighted by Crippen LogP contribution is -2.45. The van der Waals surface area contributed by atoms with E-state index in [1.54, 1.807) is 36.4 Å². The van der Waals surface area contributed by atoms with E-state index in [4.69, 9.17) is 14.2 Å². The molecular formula is C24H25FN2O6. The van der Waals surface area contributed by atoms with Crippen molar-refractivity contribution in [1.82, 2.24) is 10.2 Å². The van der Waals surface area contributed by atoms with E-state index in [2.05, 4.69) is 5.32 Å². The Morgan fingerprint density at radius 3 is 2.48 bits per heavy atom. The molecule has 0 unspecified atom stereocenters. The maximum absolute atomic E-state index is 14.3. The van der Waals surface area contributed by atoms with E-state index < -0.39 is 29.5 Å². The predicted octanol–water partition coefficient (Wildman–Crippen LogP) is 2.16. The Morgan fingerprint density at radius 2 is 1.85 bits per heavy atom. The molecule has 2 heterocycles. The third-order valence-electron chi connectivity index (χ3n) is 5.93. The Morgan fingerprint density at radius 1 is 1.15 bits per heavy atom. The summed E-state index contributed by atoms with van der Waals surface area (Å²) in [5, 5.41) is 2.59. The number of carbonyl (C=O) groups is 3. The number of amides is 2. The van der Waals surface area contributed by atoms with Crippen LogP contribution in [0.3, 0.4) is 0 Å². The summed E-state index contributed by atoms with van der Waals surface area (Å²) in [4.78, 5) is 38.8. The standard InChI is InChI=1S/C24H25FN2O6/c1-15(28)19-12-24(32-10-11-33-24)14-27(19)21(29)13-26-23(30)17-8-6-16(7-9-17)22-18(25)4-3-5-20(22)31-2/h3-9,19H,10-14H2,1-2H3,(H,26,30)/t19-/m0/s1. The zero-order chi connectivity index (χ0) is 23.6. The van der Waals surface area contributed by atoms with E-state index in [1.807, 2.05) is 0 Å². The smallest absolute Gasteiger partial charge is 0.251 e. The first-order valence-electron chi connectivity index (χ1n) is 10.6. The second kappa shape index (κ2) is 9.29. The van der Waals surface area contributed by atoms with Gasteiger partial charge in [-0.2, -0.15) is 0 Å². The van der Waals surface area contributed by atoms with Crippen LogP contribution < -0.4 is 10.1 Å². The van der Waals surface area contributed by atoms with Crippen molar-refractivity contribution in [1.29, 1.82) is 0 Å². The summed E-state index contributed by atoms with van der Waals surface area (Å²) in [6.45, 7) is 2.12. The summed E-state index contributed by atoms with van der Waals surface area (Å²) >= 11 is 0. The molecule has 0 aromatic heterocycles. The monoisotopic (exact) mass is 456 g/mol. The summed E-state index contributed by atoms with van der Waals surface area (Å²) in [7, 11) is 1.46. The van der Waals surface area contributed by atoms with Gasteiger partial charge in [-0.3, -0.25) is 14.4 Å². The predicted molar refractivity (Wildman–Crippen MR) is 116 cm³/mol. The molecule has 2 fully saturated rings. The number of benzene rings is 2. The summed E-state index contributed by atoms with van der Waals surface area (Å²) in [5.41, 5.74) is 1.17. The molecule has 2 amide bonds. The number of ether oxygens (including phenoxy) is 3. The molecule has 9 heteroatoms. The first-order chi connectivity index (χ1) is 15.8. The highest BCUT2D eigenvalue weighted by Crippen LogP contribution is 2.35. The molecule has 2 saturated heterocycles. The number of halogens is 1. The van der Waals surface area contributed by atoms with E-state index in [0.29, 0.717) is 35.7 Å². The summed E-state index contributed by atoms with van der Waals surface area (Å²) in [5.74, 6) is -2.01. The molecule has 2 aliphatic rings. The first-order valence-corrected chi connectivity index (χ1v) is 10.6.